The van der Waals surface area contributed by atoms with Crippen LogP contribution in [-0.4, -0.2) is 45.1 Å². The summed E-state index contributed by atoms with van der Waals surface area (Å²) in [5.41, 5.74) is 2.61. The molecule has 0 fully saturated rings. The van der Waals surface area contributed by atoms with Gasteiger partial charge in [0.1, 0.15) is 12.4 Å². The van der Waals surface area contributed by atoms with Gasteiger partial charge < -0.3 is 10.1 Å². The summed E-state index contributed by atoms with van der Waals surface area (Å²) in [6.07, 6.45) is 5.28. The summed E-state index contributed by atoms with van der Waals surface area (Å²) in [5, 5.41) is 3.29. The highest BCUT2D eigenvalue weighted by atomic mass is 35.5. The molecule has 2 heterocycles. The number of ether oxygens (including phenoxy) is 1. The predicted octanol–water partition coefficient (Wildman–Crippen LogP) is 5.20. The van der Waals surface area contributed by atoms with Gasteiger partial charge in [0.25, 0.3) is 0 Å². The van der Waals surface area contributed by atoms with Gasteiger partial charge in [0.15, 0.2) is 0 Å². The molecule has 2 aromatic heterocycles. The Balaban J connectivity index is 0.00000320. The van der Waals surface area contributed by atoms with Crippen molar-refractivity contribution in [2.75, 3.05) is 18.5 Å². The van der Waals surface area contributed by atoms with Gasteiger partial charge in [0, 0.05) is 42.8 Å². The van der Waals surface area contributed by atoms with E-state index in [4.69, 9.17) is 4.74 Å². The first-order valence-corrected chi connectivity index (χ1v) is 10.0. The number of rotatable bonds is 9. The Morgan fingerprint density at radius 1 is 0.967 bits per heavy atom. The quantitative estimate of drug-likeness (QED) is 0.506. The van der Waals surface area contributed by atoms with E-state index < -0.39 is 0 Å². The third kappa shape index (κ3) is 6.40. The van der Waals surface area contributed by atoms with Crippen LogP contribution in [0.3, 0.4) is 0 Å². The molecule has 7 heteroatoms. The molecular formula is C23H30ClN5O. The number of benzene rings is 1. The van der Waals surface area contributed by atoms with Gasteiger partial charge in [-0.2, -0.15) is 0 Å². The second-order valence-corrected chi connectivity index (χ2v) is 7.40. The third-order valence-corrected chi connectivity index (χ3v) is 4.68. The maximum Gasteiger partial charge on any atom is 0.227 e. The number of nitrogens with zero attached hydrogens (tertiary/aromatic N) is 4. The molecule has 3 rings (SSSR count). The molecule has 0 spiro atoms. The number of aromatic nitrogens is 3. The maximum absolute atomic E-state index is 6.09. The van der Waals surface area contributed by atoms with Gasteiger partial charge in [-0.1, -0.05) is 12.1 Å². The average molecular weight is 428 g/mol. The van der Waals surface area contributed by atoms with Gasteiger partial charge in [0.05, 0.1) is 11.4 Å². The minimum atomic E-state index is 0. The summed E-state index contributed by atoms with van der Waals surface area (Å²) >= 11 is 0. The Morgan fingerprint density at radius 3 is 2.43 bits per heavy atom. The summed E-state index contributed by atoms with van der Waals surface area (Å²) in [6, 6.07) is 14.6. The van der Waals surface area contributed by atoms with E-state index in [1.54, 1.807) is 18.6 Å². The highest BCUT2D eigenvalue weighted by Gasteiger charge is 2.13. The van der Waals surface area contributed by atoms with Crippen LogP contribution in [0.1, 0.15) is 27.7 Å². The number of nitrogens with one attached hydrogen (secondary N) is 1. The SMILES string of the molecule is CC(C)N(CCOc1ccccc1Nc1nccc(-c2cccnc2)n1)C(C)C.Cl. The lowest BCUT2D eigenvalue weighted by Crippen LogP contribution is -2.39. The largest absolute Gasteiger partial charge is 0.490 e. The van der Waals surface area contributed by atoms with Crippen LogP contribution in [0.4, 0.5) is 11.6 Å². The van der Waals surface area contributed by atoms with E-state index in [2.05, 4.69) is 52.9 Å². The van der Waals surface area contributed by atoms with Gasteiger partial charge in [-0.05, 0) is 58.0 Å². The van der Waals surface area contributed by atoms with Crippen molar-refractivity contribution in [1.82, 2.24) is 19.9 Å². The molecule has 0 unspecified atom stereocenters. The zero-order chi connectivity index (χ0) is 20.6. The number of hydrogen-bond donors (Lipinski definition) is 1. The van der Waals surface area contributed by atoms with E-state index in [1.807, 2.05) is 42.5 Å². The van der Waals surface area contributed by atoms with Crippen LogP contribution in [0.15, 0.2) is 61.1 Å². The molecule has 0 aliphatic heterocycles. The van der Waals surface area contributed by atoms with Crippen molar-refractivity contribution in [1.29, 1.82) is 0 Å². The molecular weight excluding hydrogens is 398 g/mol. The molecule has 0 bridgehead atoms. The fourth-order valence-electron chi connectivity index (χ4n) is 3.28. The lowest BCUT2D eigenvalue weighted by Gasteiger charge is -2.30. The van der Waals surface area contributed by atoms with Crippen LogP contribution in [-0.2, 0) is 0 Å². The van der Waals surface area contributed by atoms with Gasteiger partial charge in [-0.3, -0.25) is 9.88 Å². The van der Waals surface area contributed by atoms with Crippen molar-refractivity contribution in [3.05, 3.63) is 61.1 Å². The van der Waals surface area contributed by atoms with Crippen molar-refractivity contribution >= 4 is 24.0 Å². The van der Waals surface area contributed by atoms with Crippen molar-refractivity contribution in [3.8, 4) is 17.0 Å². The molecule has 0 aliphatic carbocycles. The smallest absolute Gasteiger partial charge is 0.227 e. The first-order valence-electron chi connectivity index (χ1n) is 10.0. The lowest BCUT2D eigenvalue weighted by molar-refractivity contribution is 0.142. The van der Waals surface area contributed by atoms with E-state index in [9.17, 15) is 0 Å². The monoisotopic (exact) mass is 427 g/mol. The molecule has 0 atom stereocenters. The Morgan fingerprint density at radius 2 is 1.73 bits per heavy atom. The number of para-hydroxylation sites is 2. The zero-order valence-electron chi connectivity index (χ0n) is 17.9. The van der Waals surface area contributed by atoms with E-state index in [1.165, 1.54) is 0 Å². The van der Waals surface area contributed by atoms with Crippen molar-refractivity contribution in [2.24, 2.45) is 0 Å². The number of hydrogen-bond acceptors (Lipinski definition) is 6. The van der Waals surface area contributed by atoms with Crippen molar-refractivity contribution in [3.63, 3.8) is 0 Å². The standard InChI is InChI=1S/C23H29N5O.ClH/c1-17(2)28(18(3)4)14-15-29-22-10-6-5-9-21(22)27-23-25-13-11-20(26-23)19-8-7-12-24-16-19;/h5-13,16-18H,14-15H2,1-4H3,(H,25,26,27);1H. The molecule has 6 nitrogen and oxygen atoms in total. The summed E-state index contributed by atoms with van der Waals surface area (Å²) in [6.45, 7) is 10.3. The van der Waals surface area contributed by atoms with E-state index in [0.717, 1.165) is 29.2 Å². The van der Waals surface area contributed by atoms with Crippen molar-refractivity contribution < 1.29 is 4.74 Å². The predicted molar refractivity (Wildman–Crippen MR) is 125 cm³/mol. The van der Waals surface area contributed by atoms with Crippen molar-refractivity contribution in [2.45, 2.75) is 39.8 Å². The van der Waals surface area contributed by atoms with Crippen LogP contribution in [0.2, 0.25) is 0 Å². The molecule has 1 N–H and O–H groups in total. The minimum absolute atomic E-state index is 0. The van der Waals surface area contributed by atoms with E-state index >= 15 is 0 Å². The fourth-order valence-corrected chi connectivity index (χ4v) is 3.28. The fraction of sp³-hybridized carbons (Fsp3) is 0.348. The normalized spacial score (nSPS) is 10.9. The van der Waals surface area contributed by atoms with Crippen LogP contribution in [0, 0.1) is 0 Å². The van der Waals surface area contributed by atoms with Gasteiger partial charge in [-0.25, -0.2) is 9.97 Å². The van der Waals surface area contributed by atoms with Crippen LogP contribution < -0.4 is 10.1 Å². The highest BCUT2D eigenvalue weighted by Crippen LogP contribution is 2.27. The minimum Gasteiger partial charge on any atom is -0.490 e. The Bertz CT molecular complexity index is 897. The average Bonchev–Trinajstić information content (AvgIpc) is 2.72. The van der Waals surface area contributed by atoms with Gasteiger partial charge >= 0.3 is 0 Å². The molecule has 160 valence electrons. The van der Waals surface area contributed by atoms with Crippen LogP contribution in [0.25, 0.3) is 11.3 Å². The Labute approximate surface area is 185 Å². The molecule has 30 heavy (non-hydrogen) atoms. The molecule has 0 amide bonds. The van der Waals surface area contributed by atoms with Gasteiger partial charge in [-0.15, -0.1) is 12.4 Å². The summed E-state index contributed by atoms with van der Waals surface area (Å²) < 4.78 is 6.09. The van der Waals surface area contributed by atoms with Gasteiger partial charge in [0.2, 0.25) is 5.95 Å². The number of anilines is 2. The summed E-state index contributed by atoms with van der Waals surface area (Å²) in [7, 11) is 0. The topological polar surface area (TPSA) is 63.2 Å². The molecule has 3 aromatic rings. The summed E-state index contributed by atoms with van der Waals surface area (Å²) in [4.78, 5) is 15.5. The second kappa shape index (κ2) is 11.5. The molecule has 0 saturated heterocycles. The number of pyridine rings is 1. The molecule has 0 saturated carbocycles. The molecule has 1 aromatic carbocycles. The second-order valence-electron chi connectivity index (χ2n) is 7.40. The Hall–Kier alpha value is -2.70. The molecule has 0 aliphatic rings. The van der Waals surface area contributed by atoms with Crippen LogP contribution >= 0.6 is 12.4 Å². The lowest BCUT2D eigenvalue weighted by atomic mass is 10.2. The maximum atomic E-state index is 6.09. The zero-order valence-corrected chi connectivity index (χ0v) is 18.8. The third-order valence-electron chi connectivity index (χ3n) is 4.68. The molecule has 0 radical (unpaired) electrons. The summed E-state index contributed by atoms with van der Waals surface area (Å²) in [5.74, 6) is 1.31. The first kappa shape index (κ1) is 23.6. The number of halogens is 1. The first-order chi connectivity index (χ1) is 14.0. The highest BCUT2D eigenvalue weighted by molar-refractivity contribution is 5.85. The van der Waals surface area contributed by atoms with E-state index in [-0.39, 0.29) is 12.4 Å². The van der Waals surface area contributed by atoms with Crippen LogP contribution in [0.5, 0.6) is 5.75 Å². The van der Waals surface area contributed by atoms with E-state index in [0.29, 0.717) is 24.6 Å². The Kier molecular flexibility index (Phi) is 9.02.